The highest BCUT2D eigenvalue weighted by molar-refractivity contribution is 6.67. The maximum atomic E-state index is 13.0. The molecular weight excluding hydrogens is 958 g/mol. The molecule has 10 rings (SSSR count). The van der Waals surface area contributed by atoms with E-state index in [-0.39, 0.29) is 5.78 Å². The molecule has 4 aromatic heterocycles. The number of rotatable bonds is 14. The zero-order valence-corrected chi connectivity index (χ0v) is 43.8. The Kier molecular flexibility index (Phi) is 18.9. The number of benzene rings is 4. The van der Waals surface area contributed by atoms with Crippen LogP contribution < -0.4 is 16.4 Å². The summed E-state index contributed by atoms with van der Waals surface area (Å²) < 4.78 is 0. The molecule has 0 atom stereocenters. The number of nitrogens with zero attached hydrogens (tertiary/aromatic N) is 10. The van der Waals surface area contributed by atoms with E-state index in [0.29, 0.717) is 29.6 Å². The van der Waals surface area contributed by atoms with E-state index in [4.69, 9.17) is 17.3 Å². The molecule has 0 radical (unpaired) electrons. The topological polar surface area (TPSA) is 175 Å². The third-order valence-electron chi connectivity index (χ3n) is 13.1. The van der Waals surface area contributed by atoms with Crippen LogP contribution in [0.25, 0.3) is 22.5 Å². The standard InChI is InChI=1S/C30H32N6O.C16H15N5.C13H17ClN2O/c1-22-5-6-24(18-28(22)34-30-32-13-11-27(33-30)26-4-3-12-31-20-26)19-29(37)25-9-7-23(8-10-25)21-36-16-14-35(2)15-17-36;1-11-4-5-13(17)9-15(11)21-16-19-8-6-14(20-16)12-3-2-7-18-10-12;1-15-6-8-16(9-7-15)10-11-2-4-12(5-3-11)13(14)17/h3-13,18,20H,14-17,19,21H2,1-2H3,(H,32,33,34);2-10H,17H2,1H3,(H,19,20,21);2-5H,6-10H2,1H3. The van der Waals surface area contributed by atoms with Crippen molar-refractivity contribution in [2.24, 2.45) is 0 Å². The molecule has 4 N–H and O–H groups in total. The number of halogens is 1. The molecule has 0 saturated carbocycles. The summed E-state index contributed by atoms with van der Waals surface area (Å²) in [6.07, 6.45) is 10.8. The lowest BCUT2D eigenvalue weighted by Crippen LogP contribution is -2.43. The monoisotopic (exact) mass is 1020 g/mol. The Morgan fingerprint density at radius 1 is 0.547 bits per heavy atom. The molecule has 2 fully saturated rings. The second-order valence-corrected chi connectivity index (χ2v) is 19.3. The fraction of sp³-hybridized carbons (Fsp3) is 0.254. The lowest BCUT2D eigenvalue weighted by molar-refractivity contribution is 0.0992. The summed E-state index contributed by atoms with van der Waals surface area (Å²) in [6.45, 7) is 14.7. The van der Waals surface area contributed by atoms with Crippen LogP contribution in [0.2, 0.25) is 0 Å². The van der Waals surface area contributed by atoms with Crippen LogP contribution in [0.15, 0.2) is 159 Å². The lowest BCUT2D eigenvalue weighted by atomic mass is 10.00. The molecule has 0 aliphatic carbocycles. The van der Waals surface area contributed by atoms with Crippen LogP contribution in [-0.4, -0.2) is 127 Å². The Hall–Kier alpha value is -7.79. The minimum Gasteiger partial charge on any atom is -0.399 e. The summed E-state index contributed by atoms with van der Waals surface area (Å²) in [6, 6.07) is 38.8. The van der Waals surface area contributed by atoms with Crippen LogP contribution in [0, 0.1) is 13.8 Å². The highest BCUT2D eigenvalue weighted by Gasteiger charge is 2.17. The van der Waals surface area contributed by atoms with E-state index in [2.05, 4.69) is 86.4 Å². The molecule has 384 valence electrons. The first-order valence-electron chi connectivity index (χ1n) is 25.1. The van der Waals surface area contributed by atoms with Crippen molar-refractivity contribution in [1.29, 1.82) is 0 Å². The maximum absolute atomic E-state index is 13.0. The Morgan fingerprint density at radius 3 is 1.47 bits per heavy atom. The van der Waals surface area contributed by atoms with Gasteiger partial charge in [0.1, 0.15) is 0 Å². The Morgan fingerprint density at radius 2 is 1.00 bits per heavy atom. The van der Waals surface area contributed by atoms with Gasteiger partial charge in [-0.25, -0.2) is 19.9 Å². The van der Waals surface area contributed by atoms with Gasteiger partial charge in [0.25, 0.3) is 5.24 Å². The van der Waals surface area contributed by atoms with Gasteiger partial charge < -0.3 is 26.2 Å². The summed E-state index contributed by atoms with van der Waals surface area (Å²) in [5, 5.41) is 6.13. The number of hydrogen-bond acceptors (Lipinski definition) is 15. The van der Waals surface area contributed by atoms with Crippen molar-refractivity contribution in [3.63, 3.8) is 0 Å². The van der Waals surface area contributed by atoms with Gasteiger partial charge in [0.15, 0.2) is 5.78 Å². The van der Waals surface area contributed by atoms with Crippen LogP contribution >= 0.6 is 11.6 Å². The Bertz CT molecular complexity index is 3110. The van der Waals surface area contributed by atoms with E-state index in [9.17, 15) is 9.59 Å². The number of Topliss-reactive ketones (excluding diaryl/α,β-unsaturated/α-hetero) is 1. The Balaban J connectivity index is 0.000000165. The molecule has 2 saturated heterocycles. The van der Waals surface area contributed by atoms with Crippen molar-refractivity contribution in [1.82, 2.24) is 49.5 Å². The van der Waals surface area contributed by atoms with Gasteiger partial charge in [0, 0.05) is 148 Å². The van der Waals surface area contributed by atoms with Gasteiger partial charge in [0.2, 0.25) is 11.9 Å². The number of aromatic nitrogens is 6. The number of pyridine rings is 2. The summed E-state index contributed by atoms with van der Waals surface area (Å²) in [5.74, 6) is 1.14. The Labute approximate surface area is 444 Å². The first-order chi connectivity index (χ1) is 36.4. The van der Waals surface area contributed by atoms with Crippen molar-refractivity contribution in [3.05, 3.63) is 197 Å². The SMILES string of the molecule is CN1CCN(Cc2ccc(C(=O)Cl)cc2)CC1.Cc1ccc(CC(=O)c2ccc(CN3CCN(C)CC3)cc2)cc1Nc1nccc(-c2cccnc2)n1.Cc1ccc(N)cc1Nc1nccc(-c2cccnc2)n1. The van der Waals surface area contributed by atoms with Gasteiger partial charge in [-0.05, 0) is 134 Å². The number of hydrogen-bond donors (Lipinski definition) is 3. The first kappa shape index (κ1) is 53.5. The largest absolute Gasteiger partial charge is 0.399 e. The molecule has 75 heavy (non-hydrogen) atoms. The molecule has 0 bridgehead atoms. The average molecular weight is 1020 g/mol. The number of carbonyl (C=O) groups excluding carboxylic acids is 2. The van der Waals surface area contributed by atoms with Crippen molar-refractivity contribution in [3.8, 4) is 22.5 Å². The maximum Gasteiger partial charge on any atom is 0.252 e. The molecule has 15 nitrogen and oxygen atoms in total. The number of piperazine rings is 2. The van der Waals surface area contributed by atoms with Crippen molar-refractivity contribution in [2.45, 2.75) is 33.4 Å². The molecule has 2 aliphatic heterocycles. The van der Waals surface area contributed by atoms with E-state index in [1.807, 2.05) is 111 Å². The molecule has 8 aromatic rings. The number of anilines is 5. The molecule has 0 spiro atoms. The zero-order valence-electron chi connectivity index (χ0n) is 43.0. The van der Waals surface area contributed by atoms with Crippen LogP contribution in [0.5, 0.6) is 0 Å². The quantitative estimate of drug-likeness (QED) is 0.0533. The fourth-order valence-corrected chi connectivity index (χ4v) is 8.60. The average Bonchev–Trinajstić information content (AvgIpc) is 3.43. The van der Waals surface area contributed by atoms with Gasteiger partial charge in [0.05, 0.1) is 11.4 Å². The van der Waals surface area contributed by atoms with Crippen molar-refractivity contribution in [2.75, 3.05) is 82.8 Å². The lowest BCUT2D eigenvalue weighted by Gasteiger charge is -2.32. The number of nitrogen functional groups attached to an aromatic ring is 1. The second kappa shape index (κ2) is 26.4. The molecule has 0 amide bonds. The van der Waals surface area contributed by atoms with E-state index in [0.717, 1.165) is 122 Å². The minimum atomic E-state index is -0.392. The van der Waals surface area contributed by atoms with E-state index >= 15 is 0 Å². The molecule has 16 heteroatoms. The molecule has 4 aromatic carbocycles. The number of ketones is 1. The predicted octanol–water partition coefficient (Wildman–Crippen LogP) is 9.75. The third-order valence-corrected chi connectivity index (χ3v) is 13.3. The van der Waals surface area contributed by atoms with Crippen molar-refractivity contribution >= 4 is 51.6 Å². The second-order valence-electron chi connectivity index (χ2n) is 18.9. The molecule has 6 heterocycles. The fourth-order valence-electron chi connectivity index (χ4n) is 8.47. The van der Waals surface area contributed by atoms with Crippen LogP contribution in [0.1, 0.15) is 48.5 Å². The third kappa shape index (κ3) is 16.1. The smallest absolute Gasteiger partial charge is 0.252 e. The van der Waals surface area contributed by atoms with Gasteiger partial charge in [-0.2, -0.15) is 0 Å². The zero-order chi connectivity index (χ0) is 52.5. The summed E-state index contributed by atoms with van der Waals surface area (Å²) >= 11 is 5.41. The van der Waals surface area contributed by atoms with Gasteiger partial charge in [-0.3, -0.25) is 29.4 Å². The van der Waals surface area contributed by atoms with Gasteiger partial charge >= 0.3 is 0 Å². The normalized spacial score (nSPS) is 14.1. The number of nitrogens with two attached hydrogens (primary N) is 1. The molecule has 0 unspecified atom stereocenters. The molecule has 2 aliphatic rings. The number of nitrogens with one attached hydrogen (secondary N) is 2. The van der Waals surface area contributed by atoms with Gasteiger partial charge in [-0.1, -0.05) is 54.6 Å². The summed E-state index contributed by atoms with van der Waals surface area (Å²) in [4.78, 5) is 59.6. The van der Waals surface area contributed by atoms with Crippen LogP contribution in [-0.2, 0) is 19.5 Å². The predicted molar refractivity (Wildman–Crippen MR) is 301 cm³/mol. The summed E-state index contributed by atoms with van der Waals surface area (Å²) in [5.41, 5.74) is 18.7. The highest BCUT2D eigenvalue weighted by Crippen LogP contribution is 2.25. The highest BCUT2D eigenvalue weighted by atomic mass is 35.5. The molecular formula is C59H64ClN13O2. The number of carbonyl (C=O) groups is 2. The number of likely N-dealkylation sites (N-methyl/N-ethyl adjacent to an activating group) is 2. The number of aryl methyl sites for hydroxylation is 2. The van der Waals surface area contributed by atoms with Crippen LogP contribution in [0.3, 0.4) is 0 Å². The van der Waals surface area contributed by atoms with Crippen LogP contribution in [0.4, 0.5) is 29.0 Å². The first-order valence-corrected chi connectivity index (χ1v) is 25.5. The van der Waals surface area contributed by atoms with Gasteiger partial charge in [-0.15, -0.1) is 0 Å². The van der Waals surface area contributed by atoms with E-state index in [1.165, 1.54) is 11.1 Å². The summed E-state index contributed by atoms with van der Waals surface area (Å²) in [7, 11) is 4.32. The minimum absolute atomic E-state index is 0.107. The van der Waals surface area contributed by atoms with Crippen molar-refractivity contribution < 1.29 is 9.59 Å². The van der Waals surface area contributed by atoms with E-state index < -0.39 is 5.24 Å². The van der Waals surface area contributed by atoms with E-state index in [1.54, 1.807) is 49.3 Å².